The first-order valence-corrected chi connectivity index (χ1v) is 11.2. The highest BCUT2D eigenvalue weighted by atomic mass is 32.2. The molecule has 0 heterocycles. The number of nitrogens with one attached hydrogen (secondary N) is 1. The quantitative estimate of drug-likeness (QED) is 0.863. The van der Waals surface area contributed by atoms with Gasteiger partial charge in [0.2, 0.25) is 10.0 Å². The van der Waals surface area contributed by atoms with Gasteiger partial charge in [0.25, 0.3) is 0 Å². The first kappa shape index (κ1) is 19.6. The summed E-state index contributed by atoms with van der Waals surface area (Å²) in [5.41, 5.74) is 3.10. The number of sulfonamides is 1. The summed E-state index contributed by atoms with van der Waals surface area (Å²) in [4.78, 5) is 0.495. The molecule has 0 bridgehead atoms. The van der Waals surface area contributed by atoms with Crippen molar-refractivity contribution in [3.63, 3.8) is 0 Å². The Bertz CT molecular complexity index is 969. The Labute approximate surface area is 150 Å². The molecule has 1 atom stereocenters. The van der Waals surface area contributed by atoms with Crippen LogP contribution in [0.15, 0.2) is 46.2 Å². The molecule has 0 fully saturated rings. The molecule has 1 N–H and O–H groups in total. The second-order valence-electron chi connectivity index (χ2n) is 6.41. The van der Waals surface area contributed by atoms with E-state index in [-0.39, 0.29) is 9.79 Å². The summed E-state index contributed by atoms with van der Waals surface area (Å²) in [6.45, 7) is 7.21. The number of sulfone groups is 1. The average Bonchev–Trinajstić information content (AvgIpc) is 2.44. The lowest BCUT2D eigenvalue weighted by Gasteiger charge is -2.18. The van der Waals surface area contributed by atoms with Crippen molar-refractivity contribution in [2.24, 2.45) is 0 Å². The second kappa shape index (κ2) is 6.90. The third kappa shape index (κ3) is 4.48. The molecule has 0 aromatic heterocycles. The highest BCUT2D eigenvalue weighted by molar-refractivity contribution is 7.90. The molecule has 0 radical (unpaired) electrons. The van der Waals surface area contributed by atoms with E-state index in [9.17, 15) is 16.8 Å². The third-order valence-corrected chi connectivity index (χ3v) is 6.99. The SMILES string of the molecule is Cc1cc(C)c(S(=O)(=O)N[C@@H](C)c2ccc(S(C)(=O)=O)cc2)c(C)c1. The van der Waals surface area contributed by atoms with Crippen molar-refractivity contribution in [2.75, 3.05) is 6.26 Å². The second-order valence-corrected chi connectivity index (χ2v) is 10.1. The molecular weight excluding hydrogens is 358 g/mol. The van der Waals surface area contributed by atoms with Gasteiger partial charge in [0.15, 0.2) is 9.84 Å². The Morgan fingerprint density at radius 3 is 1.80 bits per heavy atom. The minimum atomic E-state index is -3.69. The van der Waals surface area contributed by atoms with Crippen LogP contribution in [0.5, 0.6) is 0 Å². The smallest absolute Gasteiger partial charge is 0.224 e. The van der Waals surface area contributed by atoms with Crippen LogP contribution in [0.3, 0.4) is 0 Å². The Hall–Kier alpha value is -1.70. The lowest BCUT2D eigenvalue weighted by Crippen LogP contribution is -2.28. The zero-order chi connectivity index (χ0) is 19.0. The summed E-state index contributed by atoms with van der Waals surface area (Å²) in [7, 11) is -6.97. The zero-order valence-corrected chi connectivity index (χ0v) is 16.6. The molecular formula is C18H23NO4S2. The third-order valence-electron chi connectivity index (χ3n) is 4.01. The lowest BCUT2D eigenvalue weighted by molar-refractivity contribution is 0.565. The summed E-state index contributed by atoms with van der Waals surface area (Å²) >= 11 is 0. The van der Waals surface area contributed by atoms with Crippen molar-refractivity contribution in [2.45, 2.75) is 43.5 Å². The van der Waals surface area contributed by atoms with Crippen molar-refractivity contribution >= 4 is 19.9 Å². The van der Waals surface area contributed by atoms with Gasteiger partial charge in [-0.3, -0.25) is 0 Å². The van der Waals surface area contributed by atoms with Crippen molar-refractivity contribution in [3.05, 3.63) is 58.7 Å². The van der Waals surface area contributed by atoms with Gasteiger partial charge in [-0.15, -0.1) is 0 Å². The molecule has 25 heavy (non-hydrogen) atoms. The van der Waals surface area contributed by atoms with Gasteiger partial charge in [-0.05, 0) is 56.5 Å². The lowest BCUT2D eigenvalue weighted by atomic mass is 10.1. The van der Waals surface area contributed by atoms with Crippen LogP contribution in [0.4, 0.5) is 0 Å². The molecule has 0 aliphatic rings. The summed E-state index contributed by atoms with van der Waals surface area (Å²) in [6.07, 6.45) is 1.14. The van der Waals surface area contributed by atoms with Crippen LogP contribution in [0.1, 0.15) is 35.2 Å². The van der Waals surface area contributed by atoms with Crippen LogP contribution in [0.25, 0.3) is 0 Å². The summed E-state index contributed by atoms with van der Waals surface area (Å²) in [5.74, 6) is 0. The molecule has 2 aromatic rings. The van der Waals surface area contributed by atoms with Crippen LogP contribution in [0.2, 0.25) is 0 Å². The maximum absolute atomic E-state index is 12.8. The molecule has 0 amide bonds. The van der Waals surface area contributed by atoms with Gasteiger partial charge in [0, 0.05) is 12.3 Å². The minimum Gasteiger partial charge on any atom is -0.224 e. The number of rotatable bonds is 5. The summed E-state index contributed by atoms with van der Waals surface area (Å²) in [5, 5.41) is 0. The summed E-state index contributed by atoms with van der Waals surface area (Å²) in [6, 6.07) is 9.41. The number of aryl methyl sites for hydroxylation is 3. The van der Waals surface area contributed by atoms with Crippen LogP contribution in [-0.2, 0) is 19.9 Å². The predicted octanol–water partition coefficient (Wildman–Crippen LogP) is 3.05. The highest BCUT2D eigenvalue weighted by Gasteiger charge is 2.23. The fraction of sp³-hybridized carbons (Fsp3) is 0.333. The topological polar surface area (TPSA) is 80.3 Å². The number of benzene rings is 2. The van der Waals surface area contributed by atoms with Gasteiger partial charge in [-0.2, -0.15) is 0 Å². The predicted molar refractivity (Wildman–Crippen MR) is 98.9 cm³/mol. The largest absolute Gasteiger partial charge is 0.241 e. The Kier molecular flexibility index (Phi) is 5.41. The monoisotopic (exact) mass is 381 g/mol. The van der Waals surface area contributed by atoms with Gasteiger partial charge in [0.05, 0.1) is 9.79 Å². The van der Waals surface area contributed by atoms with Crippen LogP contribution in [0, 0.1) is 20.8 Å². The van der Waals surface area contributed by atoms with Crippen LogP contribution < -0.4 is 4.72 Å². The molecule has 0 saturated heterocycles. The van der Waals surface area contributed by atoms with Crippen molar-refractivity contribution in [3.8, 4) is 0 Å². The standard InChI is InChI=1S/C18H23NO4S2/c1-12-10-13(2)18(14(3)11-12)25(22,23)19-15(4)16-6-8-17(9-7-16)24(5,20)21/h6-11,15,19H,1-5H3/t15-/m0/s1. The normalized spacial score (nSPS) is 13.6. The molecule has 2 aromatic carbocycles. The molecule has 0 saturated carbocycles. The Morgan fingerprint density at radius 2 is 1.36 bits per heavy atom. The van der Waals surface area contributed by atoms with Gasteiger partial charge >= 0.3 is 0 Å². The zero-order valence-electron chi connectivity index (χ0n) is 15.0. The van der Waals surface area contributed by atoms with Gasteiger partial charge < -0.3 is 0 Å². The first-order chi connectivity index (χ1) is 11.4. The van der Waals surface area contributed by atoms with Gasteiger partial charge in [-0.1, -0.05) is 29.8 Å². The van der Waals surface area contributed by atoms with E-state index in [2.05, 4.69) is 4.72 Å². The van der Waals surface area contributed by atoms with E-state index in [4.69, 9.17) is 0 Å². The van der Waals surface area contributed by atoms with Crippen molar-refractivity contribution < 1.29 is 16.8 Å². The summed E-state index contributed by atoms with van der Waals surface area (Å²) < 4.78 is 51.3. The van der Waals surface area contributed by atoms with Crippen LogP contribution in [-0.4, -0.2) is 23.1 Å². The Balaban J connectivity index is 2.32. The van der Waals surface area contributed by atoms with E-state index in [1.54, 1.807) is 32.9 Å². The maximum Gasteiger partial charge on any atom is 0.241 e. The van der Waals surface area contributed by atoms with E-state index in [1.165, 1.54) is 12.1 Å². The number of hydrogen-bond donors (Lipinski definition) is 1. The van der Waals surface area contributed by atoms with E-state index < -0.39 is 25.9 Å². The fourth-order valence-electron chi connectivity index (χ4n) is 2.95. The first-order valence-electron chi connectivity index (χ1n) is 7.82. The molecule has 0 aliphatic carbocycles. The molecule has 136 valence electrons. The molecule has 0 unspecified atom stereocenters. The van der Waals surface area contributed by atoms with Crippen LogP contribution >= 0.6 is 0 Å². The van der Waals surface area contributed by atoms with E-state index in [0.717, 1.165) is 11.8 Å². The fourth-order valence-corrected chi connectivity index (χ4v) is 5.27. The number of hydrogen-bond acceptors (Lipinski definition) is 4. The van der Waals surface area contributed by atoms with E-state index >= 15 is 0 Å². The van der Waals surface area contributed by atoms with Gasteiger partial charge in [-0.25, -0.2) is 21.6 Å². The molecule has 5 nitrogen and oxygen atoms in total. The van der Waals surface area contributed by atoms with E-state index in [0.29, 0.717) is 16.7 Å². The minimum absolute atomic E-state index is 0.205. The molecule has 0 spiro atoms. The molecule has 7 heteroatoms. The molecule has 2 rings (SSSR count). The van der Waals surface area contributed by atoms with E-state index in [1.807, 2.05) is 19.1 Å². The Morgan fingerprint density at radius 1 is 0.880 bits per heavy atom. The average molecular weight is 382 g/mol. The maximum atomic E-state index is 12.8. The van der Waals surface area contributed by atoms with Gasteiger partial charge in [0.1, 0.15) is 0 Å². The van der Waals surface area contributed by atoms with Crippen molar-refractivity contribution in [1.82, 2.24) is 4.72 Å². The molecule has 0 aliphatic heterocycles. The highest BCUT2D eigenvalue weighted by Crippen LogP contribution is 2.24. The van der Waals surface area contributed by atoms with Crippen molar-refractivity contribution in [1.29, 1.82) is 0 Å².